The van der Waals surface area contributed by atoms with E-state index in [1.165, 1.54) is 0 Å². The van der Waals surface area contributed by atoms with E-state index >= 15 is 0 Å². The number of amides is 3. The van der Waals surface area contributed by atoms with Gasteiger partial charge in [-0.3, -0.25) is 19.3 Å². The molecule has 2 heterocycles. The average Bonchev–Trinajstić information content (AvgIpc) is 3.14. The molecule has 2 aliphatic rings. The van der Waals surface area contributed by atoms with Crippen LogP contribution in [0.4, 0.5) is 16.2 Å². The Labute approximate surface area is 224 Å². The Hall–Kier alpha value is -3.21. The maximum Gasteiger partial charge on any atom is 0.294 e. The Morgan fingerprint density at radius 2 is 1.86 bits per heavy atom. The van der Waals surface area contributed by atoms with Gasteiger partial charge in [-0.25, -0.2) is 0 Å². The lowest BCUT2D eigenvalue weighted by atomic mass is 10.1. The van der Waals surface area contributed by atoms with Gasteiger partial charge in [0.25, 0.3) is 11.1 Å². The fourth-order valence-electron chi connectivity index (χ4n) is 4.00. The molecule has 0 aromatic heterocycles. The molecule has 0 bridgehead atoms. The van der Waals surface area contributed by atoms with Crippen molar-refractivity contribution in [3.05, 3.63) is 51.9 Å². The maximum atomic E-state index is 13.0. The van der Waals surface area contributed by atoms with E-state index in [0.29, 0.717) is 67.3 Å². The van der Waals surface area contributed by atoms with Gasteiger partial charge in [0.15, 0.2) is 11.5 Å². The molecule has 3 amide bonds. The van der Waals surface area contributed by atoms with Crippen molar-refractivity contribution in [2.24, 2.45) is 0 Å². The van der Waals surface area contributed by atoms with Crippen molar-refractivity contribution < 1.29 is 28.6 Å². The van der Waals surface area contributed by atoms with Gasteiger partial charge in [0, 0.05) is 13.1 Å². The molecule has 2 fully saturated rings. The van der Waals surface area contributed by atoms with Crippen molar-refractivity contribution in [2.75, 3.05) is 56.3 Å². The SMILES string of the molecule is CCOc1cc(/C=C2/SC(=O)N(CC(=O)Nc3ccccc3N3CCOCC3)C2=O)cc(Cl)c1OCC. The van der Waals surface area contributed by atoms with Crippen molar-refractivity contribution in [1.82, 2.24) is 4.90 Å². The number of carbonyl (C=O) groups excluding carboxylic acids is 3. The largest absolute Gasteiger partial charge is 0.490 e. The van der Waals surface area contributed by atoms with Crippen LogP contribution in [0.5, 0.6) is 11.5 Å². The predicted octanol–water partition coefficient (Wildman–Crippen LogP) is 4.65. The van der Waals surface area contributed by atoms with Crippen molar-refractivity contribution >= 4 is 57.9 Å². The van der Waals surface area contributed by atoms with Gasteiger partial charge in [0.05, 0.1) is 47.7 Å². The van der Waals surface area contributed by atoms with Crippen LogP contribution in [0.25, 0.3) is 6.08 Å². The number of anilines is 2. The molecule has 0 saturated carbocycles. The highest BCUT2D eigenvalue weighted by Gasteiger charge is 2.36. The lowest BCUT2D eigenvalue weighted by Gasteiger charge is -2.30. The molecule has 2 aliphatic heterocycles. The number of halogens is 1. The van der Waals surface area contributed by atoms with Gasteiger partial charge < -0.3 is 24.4 Å². The first-order valence-corrected chi connectivity index (χ1v) is 13.2. The second-order valence-electron chi connectivity index (χ2n) is 8.13. The first-order chi connectivity index (χ1) is 17.9. The molecule has 0 atom stereocenters. The van der Waals surface area contributed by atoms with E-state index in [1.807, 2.05) is 32.0 Å². The molecule has 0 unspecified atom stereocenters. The minimum absolute atomic E-state index is 0.189. The van der Waals surface area contributed by atoms with Gasteiger partial charge in [-0.1, -0.05) is 23.7 Å². The topological polar surface area (TPSA) is 97.4 Å². The summed E-state index contributed by atoms with van der Waals surface area (Å²) in [6, 6.07) is 10.8. The quantitative estimate of drug-likeness (QED) is 0.455. The smallest absolute Gasteiger partial charge is 0.294 e. The molecule has 2 aromatic carbocycles. The van der Waals surface area contributed by atoms with Crippen molar-refractivity contribution in [2.45, 2.75) is 13.8 Å². The molecule has 1 N–H and O–H groups in total. The second-order valence-corrected chi connectivity index (χ2v) is 9.53. The van der Waals surface area contributed by atoms with Crippen LogP contribution in [0, 0.1) is 0 Å². The Morgan fingerprint density at radius 3 is 2.59 bits per heavy atom. The number of nitrogens with zero attached hydrogens (tertiary/aromatic N) is 2. The van der Waals surface area contributed by atoms with E-state index in [-0.39, 0.29) is 4.91 Å². The van der Waals surface area contributed by atoms with Crippen LogP contribution in [0.3, 0.4) is 0 Å². The Balaban J connectivity index is 1.47. The molecule has 2 aromatic rings. The lowest BCUT2D eigenvalue weighted by molar-refractivity contribution is -0.127. The number of imide groups is 1. The van der Waals surface area contributed by atoms with Crippen LogP contribution in [0.2, 0.25) is 5.02 Å². The Morgan fingerprint density at radius 1 is 1.14 bits per heavy atom. The molecule has 0 radical (unpaired) electrons. The zero-order chi connectivity index (χ0) is 26.4. The highest BCUT2D eigenvalue weighted by Crippen LogP contribution is 2.39. The summed E-state index contributed by atoms with van der Waals surface area (Å²) in [5, 5.41) is 2.65. The monoisotopic (exact) mass is 545 g/mol. The fourth-order valence-corrected chi connectivity index (χ4v) is 5.11. The molecule has 196 valence electrons. The number of carbonyl (C=O) groups is 3. The maximum absolute atomic E-state index is 13.0. The number of morpholine rings is 1. The number of nitrogens with one attached hydrogen (secondary N) is 1. The molecule has 4 rings (SSSR count). The van der Waals surface area contributed by atoms with Crippen LogP contribution >= 0.6 is 23.4 Å². The molecule has 0 spiro atoms. The van der Waals surface area contributed by atoms with E-state index in [1.54, 1.807) is 24.3 Å². The van der Waals surface area contributed by atoms with E-state index in [9.17, 15) is 14.4 Å². The van der Waals surface area contributed by atoms with Crippen LogP contribution in [0.15, 0.2) is 41.3 Å². The standard InChI is InChI=1S/C26H28ClN3O6S/c1-3-35-21-14-17(13-18(27)24(21)36-4-2)15-22-25(32)30(26(33)37-22)16-23(31)28-19-7-5-6-8-20(19)29-9-11-34-12-10-29/h5-8,13-15H,3-4,9-12,16H2,1-2H3,(H,28,31)/b22-15+. The number of thioether (sulfide) groups is 1. The molecule has 0 aliphatic carbocycles. The van der Waals surface area contributed by atoms with Crippen LogP contribution in [-0.4, -0.2) is 68.0 Å². The Kier molecular flexibility index (Phi) is 8.96. The zero-order valence-corrected chi connectivity index (χ0v) is 22.2. The molecule has 2 saturated heterocycles. The van der Waals surface area contributed by atoms with E-state index < -0.39 is 23.6 Å². The number of rotatable bonds is 9. The Bertz CT molecular complexity index is 1210. The predicted molar refractivity (Wildman–Crippen MR) is 145 cm³/mol. The number of para-hydroxylation sites is 2. The molecule has 11 heteroatoms. The normalized spacial score (nSPS) is 16.9. The molecule has 37 heavy (non-hydrogen) atoms. The van der Waals surface area contributed by atoms with Gasteiger partial charge in [-0.2, -0.15) is 0 Å². The molecule has 9 nitrogen and oxygen atoms in total. The summed E-state index contributed by atoms with van der Waals surface area (Å²) in [5.41, 5.74) is 2.06. The van der Waals surface area contributed by atoms with E-state index in [2.05, 4.69) is 10.2 Å². The summed E-state index contributed by atoms with van der Waals surface area (Å²) in [5.74, 6) is -0.146. The number of hydrogen-bond donors (Lipinski definition) is 1. The molecular weight excluding hydrogens is 518 g/mol. The number of benzene rings is 2. The average molecular weight is 546 g/mol. The third-order valence-electron chi connectivity index (χ3n) is 5.62. The highest BCUT2D eigenvalue weighted by atomic mass is 35.5. The summed E-state index contributed by atoms with van der Waals surface area (Å²) in [6.45, 7) is 6.74. The summed E-state index contributed by atoms with van der Waals surface area (Å²) < 4.78 is 16.6. The van der Waals surface area contributed by atoms with Crippen molar-refractivity contribution in [3.8, 4) is 11.5 Å². The third kappa shape index (κ3) is 6.38. The first kappa shape index (κ1) is 26.8. The van der Waals surface area contributed by atoms with Crippen LogP contribution in [0.1, 0.15) is 19.4 Å². The third-order valence-corrected chi connectivity index (χ3v) is 6.81. The fraction of sp³-hybridized carbons (Fsp3) is 0.346. The lowest BCUT2D eigenvalue weighted by Crippen LogP contribution is -2.38. The minimum Gasteiger partial charge on any atom is -0.490 e. The van der Waals surface area contributed by atoms with Crippen LogP contribution in [-0.2, 0) is 14.3 Å². The number of ether oxygens (including phenoxy) is 3. The summed E-state index contributed by atoms with van der Waals surface area (Å²) in [4.78, 5) is 41.7. The summed E-state index contributed by atoms with van der Waals surface area (Å²) in [7, 11) is 0. The highest BCUT2D eigenvalue weighted by molar-refractivity contribution is 8.18. The van der Waals surface area contributed by atoms with Gasteiger partial charge >= 0.3 is 0 Å². The second kappa shape index (κ2) is 12.4. The molecular formula is C26H28ClN3O6S. The van der Waals surface area contributed by atoms with Gasteiger partial charge in [0.1, 0.15) is 6.54 Å². The van der Waals surface area contributed by atoms with E-state index in [0.717, 1.165) is 22.3 Å². The van der Waals surface area contributed by atoms with Gasteiger partial charge in [0.2, 0.25) is 5.91 Å². The van der Waals surface area contributed by atoms with Crippen LogP contribution < -0.4 is 19.7 Å². The number of hydrogen-bond acceptors (Lipinski definition) is 8. The summed E-state index contributed by atoms with van der Waals surface area (Å²) in [6.07, 6.45) is 1.56. The van der Waals surface area contributed by atoms with Gasteiger partial charge in [-0.15, -0.1) is 0 Å². The van der Waals surface area contributed by atoms with Crippen molar-refractivity contribution in [3.63, 3.8) is 0 Å². The van der Waals surface area contributed by atoms with Crippen molar-refractivity contribution in [1.29, 1.82) is 0 Å². The summed E-state index contributed by atoms with van der Waals surface area (Å²) >= 11 is 7.15. The minimum atomic E-state index is -0.547. The van der Waals surface area contributed by atoms with E-state index in [4.69, 9.17) is 25.8 Å². The zero-order valence-electron chi connectivity index (χ0n) is 20.6. The van der Waals surface area contributed by atoms with Gasteiger partial charge in [-0.05, 0) is 61.5 Å². The first-order valence-electron chi connectivity index (χ1n) is 12.0.